The van der Waals surface area contributed by atoms with E-state index in [9.17, 15) is 9.18 Å². The third-order valence-corrected chi connectivity index (χ3v) is 7.05. The number of nitrogens with zero attached hydrogens (tertiary/aromatic N) is 4. The molecule has 0 bridgehead atoms. The summed E-state index contributed by atoms with van der Waals surface area (Å²) in [5.74, 6) is 1.46. The van der Waals surface area contributed by atoms with Crippen molar-refractivity contribution in [1.29, 1.82) is 0 Å². The van der Waals surface area contributed by atoms with Crippen molar-refractivity contribution in [2.45, 2.75) is 32.6 Å². The van der Waals surface area contributed by atoms with Gasteiger partial charge in [-0.2, -0.15) is 0 Å². The van der Waals surface area contributed by atoms with Crippen LogP contribution in [0.3, 0.4) is 0 Å². The van der Waals surface area contributed by atoms with Crippen molar-refractivity contribution < 1.29 is 9.18 Å². The Kier molecular flexibility index (Phi) is 4.70. The van der Waals surface area contributed by atoms with Crippen LogP contribution in [0.15, 0.2) is 24.3 Å². The standard InChI is InChI=1S/C22H23FN4OS/c1-14-24-20(19-17-4-2-3-5-18(17)29-21(19)25-14)26-10-12-27(13-11-26)22(28)15-6-8-16(23)9-7-15/h6-9H,2-5,10-13H2,1H3. The Morgan fingerprint density at radius 2 is 1.76 bits per heavy atom. The first-order chi connectivity index (χ1) is 14.1. The molecule has 29 heavy (non-hydrogen) atoms. The molecule has 1 aliphatic heterocycles. The molecule has 1 fully saturated rings. The molecule has 1 amide bonds. The minimum atomic E-state index is -0.325. The van der Waals surface area contributed by atoms with Gasteiger partial charge >= 0.3 is 0 Å². The summed E-state index contributed by atoms with van der Waals surface area (Å²) in [6.45, 7) is 4.70. The quantitative estimate of drug-likeness (QED) is 0.641. The fourth-order valence-electron chi connectivity index (χ4n) is 4.37. The Labute approximate surface area is 173 Å². The molecule has 3 aromatic rings. The summed E-state index contributed by atoms with van der Waals surface area (Å²) in [4.78, 5) is 29.0. The topological polar surface area (TPSA) is 49.3 Å². The molecule has 1 saturated heterocycles. The van der Waals surface area contributed by atoms with Crippen LogP contribution >= 0.6 is 11.3 Å². The largest absolute Gasteiger partial charge is 0.352 e. The molecule has 0 radical (unpaired) electrons. The number of thiophene rings is 1. The van der Waals surface area contributed by atoms with Crippen molar-refractivity contribution in [1.82, 2.24) is 14.9 Å². The predicted octanol–water partition coefficient (Wildman–Crippen LogP) is 3.98. The number of fused-ring (bicyclic) bond motifs is 3. The highest BCUT2D eigenvalue weighted by molar-refractivity contribution is 7.19. The molecule has 7 heteroatoms. The van der Waals surface area contributed by atoms with Gasteiger partial charge in [-0.05, 0) is 62.4 Å². The van der Waals surface area contributed by atoms with Crippen LogP contribution < -0.4 is 4.90 Å². The van der Waals surface area contributed by atoms with E-state index < -0.39 is 0 Å². The second kappa shape index (κ2) is 7.37. The summed E-state index contributed by atoms with van der Waals surface area (Å²) >= 11 is 1.82. The number of halogens is 1. The van der Waals surface area contributed by atoms with Gasteiger partial charge in [0.25, 0.3) is 5.91 Å². The number of carbonyl (C=O) groups is 1. The first kappa shape index (κ1) is 18.5. The molecule has 2 aromatic heterocycles. The minimum absolute atomic E-state index is 0.0402. The molecule has 0 unspecified atom stereocenters. The Hall–Kier alpha value is -2.54. The summed E-state index contributed by atoms with van der Waals surface area (Å²) in [5.41, 5.74) is 1.98. The molecule has 0 saturated carbocycles. The number of carbonyl (C=O) groups excluding carboxylic acids is 1. The first-order valence-electron chi connectivity index (χ1n) is 10.2. The van der Waals surface area contributed by atoms with Crippen LogP contribution in [0.25, 0.3) is 10.2 Å². The van der Waals surface area contributed by atoms with Gasteiger partial charge < -0.3 is 9.80 Å². The number of amides is 1. The van der Waals surface area contributed by atoms with Gasteiger partial charge in [-0.25, -0.2) is 14.4 Å². The van der Waals surface area contributed by atoms with E-state index in [-0.39, 0.29) is 11.7 Å². The number of hydrogen-bond acceptors (Lipinski definition) is 5. The lowest BCUT2D eigenvalue weighted by Crippen LogP contribution is -2.49. The predicted molar refractivity (Wildman–Crippen MR) is 113 cm³/mol. The highest BCUT2D eigenvalue weighted by Gasteiger charge is 2.27. The number of aromatic nitrogens is 2. The monoisotopic (exact) mass is 410 g/mol. The van der Waals surface area contributed by atoms with Gasteiger partial charge in [-0.3, -0.25) is 4.79 Å². The van der Waals surface area contributed by atoms with E-state index in [0.717, 1.165) is 42.4 Å². The zero-order valence-corrected chi connectivity index (χ0v) is 17.3. The summed E-state index contributed by atoms with van der Waals surface area (Å²) in [5, 5.41) is 1.23. The van der Waals surface area contributed by atoms with Crippen molar-refractivity contribution in [2.24, 2.45) is 0 Å². The van der Waals surface area contributed by atoms with Crippen molar-refractivity contribution in [3.05, 3.63) is 51.9 Å². The minimum Gasteiger partial charge on any atom is -0.352 e. The molecule has 5 nitrogen and oxygen atoms in total. The molecule has 1 aromatic carbocycles. The zero-order valence-electron chi connectivity index (χ0n) is 16.4. The summed E-state index contributed by atoms with van der Waals surface area (Å²) in [6.07, 6.45) is 4.74. The first-order valence-corrected chi connectivity index (χ1v) is 11.0. The van der Waals surface area contributed by atoms with E-state index in [1.165, 1.54) is 40.8 Å². The fraction of sp³-hybridized carbons (Fsp3) is 0.409. The Morgan fingerprint density at radius 1 is 1.03 bits per heavy atom. The molecule has 5 rings (SSSR count). The summed E-state index contributed by atoms with van der Waals surface area (Å²) in [6, 6.07) is 5.78. The van der Waals surface area contributed by atoms with Crippen LogP contribution in [0, 0.1) is 12.7 Å². The highest BCUT2D eigenvalue weighted by atomic mass is 32.1. The number of rotatable bonds is 2. The van der Waals surface area contributed by atoms with Crippen LogP contribution in [-0.2, 0) is 12.8 Å². The van der Waals surface area contributed by atoms with Gasteiger partial charge in [0.15, 0.2) is 0 Å². The van der Waals surface area contributed by atoms with Gasteiger partial charge in [0.05, 0.1) is 5.39 Å². The maximum absolute atomic E-state index is 13.1. The normalized spacial score (nSPS) is 16.9. The second-order valence-corrected chi connectivity index (χ2v) is 8.86. The summed E-state index contributed by atoms with van der Waals surface area (Å²) < 4.78 is 13.1. The van der Waals surface area contributed by atoms with Crippen molar-refractivity contribution in [3.8, 4) is 0 Å². The van der Waals surface area contributed by atoms with Crippen LogP contribution in [0.1, 0.15) is 39.5 Å². The average molecular weight is 411 g/mol. The Bertz CT molecular complexity index is 1070. The molecule has 0 spiro atoms. The molecule has 3 heterocycles. The maximum Gasteiger partial charge on any atom is 0.253 e. The van der Waals surface area contributed by atoms with E-state index in [2.05, 4.69) is 4.90 Å². The molecule has 0 atom stereocenters. The zero-order chi connectivity index (χ0) is 20.0. The van der Waals surface area contributed by atoms with Crippen LogP contribution in [0.4, 0.5) is 10.2 Å². The van der Waals surface area contributed by atoms with E-state index in [1.807, 2.05) is 23.2 Å². The van der Waals surface area contributed by atoms with Gasteiger partial charge in [-0.15, -0.1) is 11.3 Å². The molecular weight excluding hydrogens is 387 g/mol. The number of piperazine rings is 1. The smallest absolute Gasteiger partial charge is 0.253 e. The lowest BCUT2D eigenvalue weighted by molar-refractivity contribution is 0.0746. The van der Waals surface area contributed by atoms with Crippen molar-refractivity contribution >= 4 is 33.3 Å². The average Bonchev–Trinajstić information content (AvgIpc) is 3.11. The van der Waals surface area contributed by atoms with Crippen LogP contribution in [0.5, 0.6) is 0 Å². The lowest BCUT2D eigenvalue weighted by atomic mass is 9.97. The Balaban J connectivity index is 1.39. The van der Waals surface area contributed by atoms with Crippen molar-refractivity contribution in [2.75, 3.05) is 31.1 Å². The SMILES string of the molecule is Cc1nc(N2CCN(C(=O)c3ccc(F)cc3)CC2)c2c3c(sc2n1)CCCC3. The third-order valence-electron chi connectivity index (χ3n) is 5.86. The number of aryl methyl sites for hydroxylation is 3. The number of anilines is 1. The van der Waals surface area contributed by atoms with Crippen LogP contribution in [0.2, 0.25) is 0 Å². The third kappa shape index (κ3) is 3.37. The maximum atomic E-state index is 13.1. The van der Waals surface area contributed by atoms with E-state index in [1.54, 1.807) is 12.1 Å². The fourth-order valence-corrected chi connectivity index (χ4v) is 5.67. The molecule has 0 N–H and O–H groups in total. The Morgan fingerprint density at radius 3 is 2.52 bits per heavy atom. The highest BCUT2D eigenvalue weighted by Crippen LogP contribution is 2.39. The number of benzene rings is 1. The van der Waals surface area contributed by atoms with Gasteiger partial charge in [0.2, 0.25) is 0 Å². The van der Waals surface area contributed by atoms with Gasteiger partial charge in [0.1, 0.15) is 22.3 Å². The molecule has 1 aliphatic carbocycles. The number of hydrogen-bond donors (Lipinski definition) is 0. The van der Waals surface area contributed by atoms with E-state index in [0.29, 0.717) is 18.7 Å². The van der Waals surface area contributed by atoms with E-state index in [4.69, 9.17) is 9.97 Å². The van der Waals surface area contributed by atoms with Crippen LogP contribution in [-0.4, -0.2) is 47.0 Å². The van der Waals surface area contributed by atoms with E-state index >= 15 is 0 Å². The van der Waals surface area contributed by atoms with Gasteiger partial charge in [0, 0.05) is 36.6 Å². The van der Waals surface area contributed by atoms with Gasteiger partial charge in [-0.1, -0.05) is 0 Å². The second-order valence-electron chi connectivity index (χ2n) is 7.77. The molecular formula is C22H23FN4OS. The van der Waals surface area contributed by atoms with Crippen molar-refractivity contribution in [3.63, 3.8) is 0 Å². The lowest BCUT2D eigenvalue weighted by Gasteiger charge is -2.36. The summed E-state index contributed by atoms with van der Waals surface area (Å²) in [7, 11) is 0. The molecule has 150 valence electrons. The molecule has 2 aliphatic rings.